The molecule has 0 saturated carbocycles. The molecule has 1 aliphatic heterocycles. The Balaban J connectivity index is 1.88. The Morgan fingerprint density at radius 1 is 1.47 bits per heavy atom. The lowest BCUT2D eigenvalue weighted by atomic mass is 10.1. The second kappa shape index (κ2) is 6.57. The number of hydrogen-bond donors (Lipinski definition) is 1. The van der Waals surface area contributed by atoms with Crippen molar-refractivity contribution in [1.29, 1.82) is 0 Å². The van der Waals surface area contributed by atoms with E-state index in [-0.39, 0.29) is 5.91 Å². The summed E-state index contributed by atoms with van der Waals surface area (Å²) in [6.07, 6.45) is 2.46. The molecule has 1 aromatic rings. The SMILES string of the molecule is CNCCCC(=O)N(C)Cc1ccc2c(c1)CCO2. The molecule has 1 aromatic carbocycles. The molecule has 0 radical (unpaired) electrons. The van der Waals surface area contributed by atoms with Crippen molar-refractivity contribution >= 4 is 5.91 Å². The number of benzene rings is 1. The molecule has 19 heavy (non-hydrogen) atoms. The van der Waals surface area contributed by atoms with E-state index >= 15 is 0 Å². The van der Waals surface area contributed by atoms with Crippen LogP contribution >= 0.6 is 0 Å². The van der Waals surface area contributed by atoms with Crippen molar-refractivity contribution in [2.45, 2.75) is 25.8 Å². The molecule has 0 unspecified atom stereocenters. The van der Waals surface area contributed by atoms with Crippen LogP contribution in [-0.2, 0) is 17.8 Å². The number of carbonyl (C=O) groups excluding carboxylic acids is 1. The molecular weight excluding hydrogens is 240 g/mol. The van der Waals surface area contributed by atoms with Crippen LogP contribution in [0.4, 0.5) is 0 Å². The Kier molecular flexibility index (Phi) is 4.80. The highest BCUT2D eigenvalue weighted by atomic mass is 16.5. The lowest BCUT2D eigenvalue weighted by molar-refractivity contribution is -0.130. The van der Waals surface area contributed by atoms with Crippen molar-refractivity contribution in [3.63, 3.8) is 0 Å². The van der Waals surface area contributed by atoms with Crippen molar-refractivity contribution < 1.29 is 9.53 Å². The predicted molar refractivity (Wildman–Crippen MR) is 75.3 cm³/mol. The number of carbonyl (C=O) groups is 1. The predicted octanol–water partition coefficient (Wildman–Crippen LogP) is 1.58. The fourth-order valence-electron chi connectivity index (χ4n) is 2.31. The molecule has 1 amide bonds. The summed E-state index contributed by atoms with van der Waals surface area (Å²) in [5.41, 5.74) is 2.43. The minimum atomic E-state index is 0.201. The number of amides is 1. The molecule has 0 aromatic heterocycles. The summed E-state index contributed by atoms with van der Waals surface area (Å²) in [6.45, 7) is 2.33. The van der Waals surface area contributed by atoms with Gasteiger partial charge in [0.1, 0.15) is 5.75 Å². The second-order valence-corrected chi connectivity index (χ2v) is 5.00. The van der Waals surface area contributed by atoms with E-state index in [1.165, 1.54) is 11.1 Å². The highest BCUT2D eigenvalue weighted by Gasteiger charge is 2.14. The van der Waals surface area contributed by atoms with Crippen LogP contribution in [0.3, 0.4) is 0 Å². The molecule has 0 spiro atoms. The molecule has 0 saturated heterocycles. The fourth-order valence-corrected chi connectivity index (χ4v) is 2.31. The standard InChI is InChI=1S/C15H22N2O2/c1-16-8-3-4-15(18)17(2)11-12-5-6-14-13(10-12)7-9-19-14/h5-6,10,16H,3-4,7-9,11H2,1-2H3. The van der Waals surface area contributed by atoms with Gasteiger partial charge in [-0.05, 0) is 37.2 Å². The Labute approximate surface area is 114 Å². The summed E-state index contributed by atoms with van der Waals surface area (Å²) in [6, 6.07) is 6.21. The number of fused-ring (bicyclic) bond motifs is 1. The summed E-state index contributed by atoms with van der Waals surface area (Å²) in [7, 11) is 3.77. The maximum absolute atomic E-state index is 11.9. The highest BCUT2D eigenvalue weighted by Crippen LogP contribution is 2.26. The number of hydrogen-bond acceptors (Lipinski definition) is 3. The van der Waals surface area contributed by atoms with Gasteiger partial charge in [-0.15, -0.1) is 0 Å². The topological polar surface area (TPSA) is 41.6 Å². The number of nitrogens with one attached hydrogen (secondary N) is 1. The Bertz CT molecular complexity index is 446. The molecule has 1 N–H and O–H groups in total. The minimum Gasteiger partial charge on any atom is -0.493 e. The maximum atomic E-state index is 11.9. The molecular formula is C15H22N2O2. The van der Waals surface area contributed by atoms with E-state index in [1.54, 1.807) is 4.90 Å². The van der Waals surface area contributed by atoms with Crippen LogP contribution in [0.5, 0.6) is 5.75 Å². The Hall–Kier alpha value is -1.55. The molecule has 2 rings (SSSR count). The highest BCUT2D eigenvalue weighted by molar-refractivity contribution is 5.75. The van der Waals surface area contributed by atoms with Gasteiger partial charge in [0.25, 0.3) is 0 Å². The number of ether oxygens (including phenoxy) is 1. The van der Waals surface area contributed by atoms with Crippen molar-refractivity contribution in [2.24, 2.45) is 0 Å². The number of rotatable bonds is 6. The van der Waals surface area contributed by atoms with Crippen LogP contribution in [0.1, 0.15) is 24.0 Å². The van der Waals surface area contributed by atoms with Crippen LogP contribution in [0.25, 0.3) is 0 Å². The lowest BCUT2D eigenvalue weighted by Crippen LogP contribution is -2.26. The quantitative estimate of drug-likeness (QED) is 0.791. The Morgan fingerprint density at radius 3 is 3.11 bits per heavy atom. The van der Waals surface area contributed by atoms with Crippen LogP contribution in [0.2, 0.25) is 0 Å². The van der Waals surface area contributed by atoms with Gasteiger partial charge in [0.05, 0.1) is 6.61 Å². The third-order valence-corrected chi connectivity index (χ3v) is 3.42. The van der Waals surface area contributed by atoms with Gasteiger partial charge in [-0.2, -0.15) is 0 Å². The fraction of sp³-hybridized carbons (Fsp3) is 0.533. The van der Waals surface area contributed by atoms with E-state index in [9.17, 15) is 4.79 Å². The molecule has 1 aliphatic rings. The van der Waals surface area contributed by atoms with Crippen molar-refractivity contribution in [3.05, 3.63) is 29.3 Å². The van der Waals surface area contributed by atoms with Gasteiger partial charge in [0, 0.05) is 26.4 Å². The second-order valence-electron chi connectivity index (χ2n) is 5.00. The first-order valence-electron chi connectivity index (χ1n) is 6.84. The van der Waals surface area contributed by atoms with Gasteiger partial charge >= 0.3 is 0 Å². The smallest absolute Gasteiger partial charge is 0.222 e. The van der Waals surface area contributed by atoms with E-state index in [0.717, 1.165) is 31.7 Å². The lowest BCUT2D eigenvalue weighted by Gasteiger charge is -2.17. The zero-order valence-corrected chi connectivity index (χ0v) is 11.7. The number of nitrogens with zero attached hydrogens (tertiary/aromatic N) is 1. The van der Waals surface area contributed by atoms with Crippen molar-refractivity contribution in [1.82, 2.24) is 10.2 Å². The molecule has 0 bridgehead atoms. The van der Waals surface area contributed by atoms with E-state index in [4.69, 9.17) is 4.74 Å². The molecule has 104 valence electrons. The van der Waals surface area contributed by atoms with Gasteiger partial charge in [0.2, 0.25) is 5.91 Å². The molecule has 0 fully saturated rings. The first-order chi connectivity index (χ1) is 9.20. The summed E-state index contributed by atoms with van der Waals surface area (Å²) in [5, 5.41) is 3.06. The summed E-state index contributed by atoms with van der Waals surface area (Å²) >= 11 is 0. The third-order valence-electron chi connectivity index (χ3n) is 3.42. The van der Waals surface area contributed by atoms with Gasteiger partial charge in [-0.25, -0.2) is 0 Å². The average molecular weight is 262 g/mol. The van der Waals surface area contributed by atoms with E-state index in [2.05, 4.69) is 11.4 Å². The zero-order chi connectivity index (χ0) is 13.7. The first-order valence-corrected chi connectivity index (χ1v) is 6.84. The van der Waals surface area contributed by atoms with E-state index in [0.29, 0.717) is 13.0 Å². The summed E-state index contributed by atoms with van der Waals surface area (Å²) in [5.74, 6) is 1.19. The molecule has 4 nitrogen and oxygen atoms in total. The monoisotopic (exact) mass is 262 g/mol. The van der Waals surface area contributed by atoms with Crippen molar-refractivity contribution in [2.75, 3.05) is 27.2 Å². The normalized spacial score (nSPS) is 12.9. The van der Waals surface area contributed by atoms with Crippen LogP contribution in [0, 0.1) is 0 Å². The largest absolute Gasteiger partial charge is 0.493 e. The van der Waals surface area contributed by atoms with Gasteiger partial charge < -0.3 is 15.0 Å². The third kappa shape index (κ3) is 3.70. The Morgan fingerprint density at radius 2 is 2.32 bits per heavy atom. The van der Waals surface area contributed by atoms with Crippen LogP contribution in [-0.4, -0.2) is 38.1 Å². The van der Waals surface area contributed by atoms with Crippen LogP contribution < -0.4 is 10.1 Å². The average Bonchev–Trinajstić information content (AvgIpc) is 2.86. The molecule has 1 heterocycles. The van der Waals surface area contributed by atoms with E-state index in [1.807, 2.05) is 26.2 Å². The van der Waals surface area contributed by atoms with Gasteiger partial charge in [-0.3, -0.25) is 4.79 Å². The first kappa shape index (κ1) is 13.9. The summed E-state index contributed by atoms with van der Waals surface area (Å²) in [4.78, 5) is 13.7. The summed E-state index contributed by atoms with van der Waals surface area (Å²) < 4.78 is 5.48. The molecule has 0 atom stereocenters. The minimum absolute atomic E-state index is 0.201. The molecule has 0 aliphatic carbocycles. The van der Waals surface area contributed by atoms with Gasteiger partial charge in [-0.1, -0.05) is 12.1 Å². The van der Waals surface area contributed by atoms with E-state index < -0.39 is 0 Å². The maximum Gasteiger partial charge on any atom is 0.222 e. The molecule has 4 heteroatoms. The van der Waals surface area contributed by atoms with Gasteiger partial charge in [0.15, 0.2) is 0 Å². The zero-order valence-electron chi connectivity index (χ0n) is 11.7. The van der Waals surface area contributed by atoms with Crippen LogP contribution in [0.15, 0.2) is 18.2 Å². The van der Waals surface area contributed by atoms with Crippen molar-refractivity contribution in [3.8, 4) is 5.75 Å².